The number of hydrogen-bond acceptors (Lipinski definition) is 6. The number of halogens is 2. The topological polar surface area (TPSA) is 130 Å². The number of carbonyl (C=O) groups is 2. The third kappa shape index (κ3) is 8.92. The zero-order valence-electron chi connectivity index (χ0n) is 24.3. The predicted octanol–water partition coefficient (Wildman–Crippen LogP) is 5.53. The molecule has 2 atom stereocenters. The van der Waals surface area contributed by atoms with E-state index < -0.39 is 39.3 Å². The van der Waals surface area contributed by atoms with E-state index in [4.69, 9.17) is 23.2 Å². The van der Waals surface area contributed by atoms with Crippen LogP contribution in [-0.4, -0.2) is 54.9 Å². The van der Waals surface area contributed by atoms with Crippen molar-refractivity contribution in [3.8, 4) is 0 Å². The summed E-state index contributed by atoms with van der Waals surface area (Å²) in [6.45, 7) is 4.40. The number of nitro groups is 1. The van der Waals surface area contributed by atoms with Gasteiger partial charge in [0, 0.05) is 46.7 Å². The molecule has 2 amide bonds. The molecule has 0 unspecified atom stereocenters. The highest BCUT2D eigenvalue weighted by molar-refractivity contribution is 7.92. The number of sulfonamides is 1. The summed E-state index contributed by atoms with van der Waals surface area (Å²) in [7, 11) is -4.12. The van der Waals surface area contributed by atoms with Crippen LogP contribution in [-0.2, 0) is 32.6 Å². The normalized spacial score (nSPS) is 12.7. The molecule has 13 heteroatoms. The van der Waals surface area contributed by atoms with Crippen LogP contribution in [0.3, 0.4) is 0 Å². The smallest absolute Gasteiger partial charge is 0.271 e. The fourth-order valence-electron chi connectivity index (χ4n) is 4.42. The van der Waals surface area contributed by atoms with Crippen LogP contribution >= 0.6 is 23.2 Å². The van der Waals surface area contributed by atoms with Gasteiger partial charge in [0.1, 0.15) is 12.6 Å². The summed E-state index contributed by atoms with van der Waals surface area (Å²) >= 11 is 13.0. The minimum Gasteiger partial charge on any atom is -0.352 e. The molecular formula is C30H34Cl2N4O6S. The van der Waals surface area contributed by atoms with Crippen molar-refractivity contribution in [1.82, 2.24) is 10.2 Å². The van der Waals surface area contributed by atoms with Gasteiger partial charge in [-0.1, -0.05) is 72.6 Å². The number of anilines is 1. The fourth-order valence-corrected chi connectivity index (χ4v) is 5.84. The lowest BCUT2D eigenvalue weighted by Crippen LogP contribution is -2.54. The Morgan fingerprint density at radius 1 is 1.02 bits per heavy atom. The number of nitrogens with one attached hydrogen (secondary N) is 1. The van der Waals surface area contributed by atoms with E-state index in [1.807, 2.05) is 44.2 Å². The summed E-state index contributed by atoms with van der Waals surface area (Å²) in [5, 5.41) is 14.9. The molecule has 0 aromatic heterocycles. The summed E-state index contributed by atoms with van der Waals surface area (Å²) in [5.41, 5.74) is 1.19. The molecule has 0 saturated carbocycles. The second kappa shape index (κ2) is 14.7. The van der Waals surface area contributed by atoms with E-state index in [1.54, 1.807) is 25.1 Å². The van der Waals surface area contributed by atoms with E-state index in [-0.39, 0.29) is 40.4 Å². The molecule has 3 rings (SSSR count). The maximum atomic E-state index is 14.2. The Labute approximate surface area is 261 Å². The van der Waals surface area contributed by atoms with Crippen LogP contribution in [0.1, 0.15) is 37.0 Å². The average Bonchev–Trinajstić information content (AvgIpc) is 2.95. The van der Waals surface area contributed by atoms with Gasteiger partial charge < -0.3 is 10.2 Å². The predicted molar refractivity (Wildman–Crippen MR) is 169 cm³/mol. The summed E-state index contributed by atoms with van der Waals surface area (Å²) in [5.74, 6) is -1.17. The Kier molecular flexibility index (Phi) is 11.5. The summed E-state index contributed by atoms with van der Waals surface area (Å²) < 4.78 is 26.9. The molecular weight excluding hydrogens is 615 g/mol. The maximum absolute atomic E-state index is 14.2. The first-order chi connectivity index (χ1) is 20.2. The third-order valence-electron chi connectivity index (χ3n) is 7.01. The molecule has 1 N–H and O–H groups in total. The molecule has 10 nitrogen and oxygen atoms in total. The number of carbonyl (C=O) groups excluding carboxylic acids is 2. The van der Waals surface area contributed by atoms with Gasteiger partial charge in [0.25, 0.3) is 5.69 Å². The van der Waals surface area contributed by atoms with Gasteiger partial charge in [0.2, 0.25) is 21.8 Å². The first-order valence-corrected chi connectivity index (χ1v) is 16.1. The Morgan fingerprint density at radius 3 is 2.21 bits per heavy atom. The van der Waals surface area contributed by atoms with Gasteiger partial charge in [-0.3, -0.25) is 24.0 Å². The van der Waals surface area contributed by atoms with Crippen LogP contribution in [0.25, 0.3) is 0 Å². The van der Waals surface area contributed by atoms with Crippen molar-refractivity contribution in [2.24, 2.45) is 0 Å². The number of benzene rings is 3. The second-order valence-electron chi connectivity index (χ2n) is 10.2. The summed E-state index contributed by atoms with van der Waals surface area (Å²) in [6.07, 6.45) is 1.67. The van der Waals surface area contributed by atoms with Gasteiger partial charge >= 0.3 is 0 Å². The van der Waals surface area contributed by atoms with Gasteiger partial charge in [-0.25, -0.2) is 8.42 Å². The van der Waals surface area contributed by atoms with Gasteiger partial charge in [0.15, 0.2) is 0 Å². The van der Waals surface area contributed by atoms with Crippen molar-refractivity contribution in [3.63, 3.8) is 0 Å². The molecule has 3 aromatic carbocycles. The number of hydrogen-bond donors (Lipinski definition) is 1. The first kappa shape index (κ1) is 33.8. The van der Waals surface area contributed by atoms with Gasteiger partial charge in [0.05, 0.1) is 16.9 Å². The molecule has 230 valence electrons. The van der Waals surface area contributed by atoms with E-state index in [1.165, 1.54) is 17.0 Å². The SMILES string of the molecule is CC[C@@H](C)NC(=O)[C@@H](Cc1ccccc1)N(Cc1c(Cl)cccc1Cl)C(=O)CN(c1cc([N+](=O)[O-])ccc1C)S(C)(=O)=O. The van der Waals surface area contributed by atoms with Crippen LogP contribution in [0, 0.1) is 17.0 Å². The highest BCUT2D eigenvalue weighted by Gasteiger charge is 2.34. The molecule has 43 heavy (non-hydrogen) atoms. The van der Waals surface area contributed by atoms with Crippen molar-refractivity contribution < 1.29 is 22.9 Å². The van der Waals surface area contributed by atoms with Crippen LogP contribution in [0.2, 0.25) is 10.0 Å². The number of nitrogens with zero attached hydrogens (tertiary/aromatic N) is 3. The second-order valence-corrected chi connectivity index (χ2v) is 13.0. The van der Waals surface area contributed by atoms with E-state index in [9.17, 15) is 28.1 Å². The quantitative estimate of drug-likeness (QED) is 0.192. The molecule has 0 fully saturated rings. The zero-order valence-corrected chi connectivity index (χ0v) is 26.6. The van der Waals surface area contributed by atoms with Crippen molar-refractivity contribution >= 4 is 56.4 Å². The first-order valence-electron chi connectivity index (χ1n) is 13.5. The van der Waals surface area contributed by atoms with Crippen molar-refractivity contribution in [3.05, 3.63) is 104 Å². The van der Waals surface area contributed by atoms with Gasteiger partial charge in [-0.2, -0.15) is 0 Å². The number of aryl methyl sites for hydroxylation is 1. The number of amides is 2. The molecule has 0 radical (unpaired) electrons. The molecule has 0 aliphatic heterocycles. The van der Waals surface area contributed by atoms with Crippen molar-refractivity contribution in [1.29, 1.82) is 0 Å². The van der Waals surface area contributed by atoms with Gasteiger partial charge in [-0.15, -0.1) is 0 Å². The zero-order chi connectivity index (χ0) is 31.9. The summed E-state index contributed by atoms with van der Waals surface area (Å²) in [4.78, 5) is 40.1. The van der Waals surface area contributed by atoms with Crippen LogP contribution < -0.4 is 9.62 Å². The monoisotopic (exact) mass is 648 g/mol. The lowest BCUT2D eigenvalue weighted by molar-refractivity contribution is -0.384. The number of nitro benzene ring substituents is 1. The molecule has 0 spiro atoms. The Hall–Kier alpha value is -3.67. The van der Waals surface area contributed by atoms with Crippen molar-refractivity contribution in [2.45, 2.75) is 52.2 Å². The molecule has 0 saturated heterocycles. The molecule has 0 heterocycles. The highest BCUT2D eigenvalue weighted by atomic mass is 35.5. The van der Waals surface area contributed by atoms with Crippen molar-refractivity contribution in [2.75, 3.05) is 17.1 Å². The fraction of sp³-hybridized carbons (Fsp3) is 0.333. The van der Waals surface area contributed by atoms with E-state index in [0.717, 1.165) is 22.2 Å². The largest absolute Gasteiger partial charge is 0.352 e. The lowest BCUT2D eigenvalue weighted by Gasteiger charge is -2.34. The highest BCUT2D eigenvalue weighted by Crippen LogP contribution is 2.30. The average molecular weight is 650 g/mol. The Morgan fingerprint density at radius 2 is 1.65 bits per heavy atom. The maximum Gasteiger partial charge on any atom is 0.271 e. The van der Waals surface area contributed by atoms with Crippen LogP contribution in [0.15, 0.2) is 66.7 Å². The minimum atomic E-state index is -4.12. The van der Waals surface area contributed by atoms with E-state index >= 15 is 0 Å². The summed E-state index contributed by atoms with van der Waals surface area (Å²) in [6, 6.07) is 16.4. The van der Waals surface area contributed by atoms with E-state index in [2.05, 4.69) is 5.32 Å². The number of non-ortho nitro benzene ring substituents is 1. The molecule has 0 aliphatic rings. The van der Waals surface area contributed by atoms with Crippen LogP contribution in [0.5, 0.6) is 0 Å². The molecule has 0 bridgehead atoms. The lowest BCUT2D eigenvalue weighted by atomic mass is 10.0. The third-order valence-corrected chi connectivity index (χ3v) is 8.85. The molecule has 3 aromatic rings. The number of rotatable bonds is 13. The standard InChI is InChI=1S/C30H34Cl2N4O6S/c1-5-21(3)33-30(38)28(16-22-10-7-6-8-11-22)34(18-24-25(31)12-9-13-26(24)32)29(37)19-35(43(4,41)42)27-17-23(36(39)40)15-14-20(27)2/h6-15,17,21,28H,5,16,18-19H2,1-4H3,(H,33,38)/t21-,28-/m1/s1. The van der Waals surface area contributed by atoms with Crippen LogP contribution in [0.4, 0.5) is 11.4 Å². The van der Waals surface area contributed by atoms with E-state index in [0.29, 0.717) is 17.5 Å². The minimum absolute atomic E-state index is 0.0237. The molecule has 0 aliphatic carbocycles. The Bertz CT molecular complexity index is 1570. The van der Waals surface area contributed by atoms with Gasteiger partial charge in [-0.05, 0) is 43.5 Å². The Balaban J connectivity index is 2.16.